The van der Waals surface area contributed by atoms with E-state index in [-0.39, 0.29) is 18.6 Å². The third-order valence-corrected chi connectivity index (χ3v) is 9.11. The van der Waals surface area contributed by atoms with Gasteiger partial charge in [0.15, 0.2) is 17.3 Å². The highest BCUT2D eigenvalue weighted by atomic mass is 16.7. The molecule has 1 N–H and O–H groups in total. The number of Topliss-reactive ketones (excluding diaryl/α,β-unsaturated/α-hetero) is 1. The molecule has 11 nitrogen and oxygen atoms in total. The lowest BCUT2D eigenvalue weighted by Gasteiger charge is -2.55. The highest BCUT2D eigenvalue weighted by Gasteiger charge is 2.87. The lowest BCUT2D eigenvalue weighted by atomic mass is 9.54. The zero-order valence-corrected chi connectivity index (χ0v) is 24.8. The van der Waals surface area contributed by atoms with Crippen LogP contribution in [0.15, 0.2) is 23.3 Å². The molecule has 0 aromatic carbocycles. The first-order chi connectivity index (χ1) is 19.0. The molecule has 10 atom stereocenters. The van der Waals surface area contributed by atoms with Gasteiger partial charge in [0, 0.05) is 33.1 Å². The summed E-state index contributed by atoms with van der Waals surface area (Å²) in [6.45, 7) is 12.2. The van der Waals surface area contributed by atoms with Crippen LogP contribution in [0.1, 0.15) is 74.7 Å². The van der Waals surface area contributed by atoms with Gasteiger partial charge in [0.05, 0.1) is 11.3 Å². The fraction of sp³-hybridized carbons (Fsp3) is 0.700. The van der Waals surface area contributed by atoms with E-state index in [0.717, 1.165) is 0 Å². The summed E-state index contributed by atoms with van der Waals surface area (Å²) in [5.74, 6) is -4.76. The molecule has 2 aliphatic heterocycles. The van der Waals surface area contributed by atoms with Gasteiger partial charge in [-0.3, -0.25) is 19.2 Å². The van der Waals surface area contributed by atoms with E-state index in [1.54, 1.807) is 33.8 Å². The van der Waals surface area contributed by atoms with E-state index in [1.807, 2.05) is 6.92 Å². The largest absolute Gasteiger partial charge is 0.461 e. The Morgan fingerprint density at radius 2 is 1.51 bits per heavy atom. The normalized spacial score (nSPS) is 42.6. The summed E-state index contributed by atoms with van der Waals surface area (Å²) < 4.78 is 29.7. The van der Waals surface area contributed by atoms with Crippen LogP contribution in [-0.4, -0.2) is 76.5 Å². The van der Waals surface area contributed by atoms with Gasteiger partial charge in [0.1, 0.15) is 30.2 Å². The standard InChI is InChI=1S/C30H40O11/c1-9-10-20(34)19-11-14(2)12-22-30(29(8,41-30)27(36)40-22)26(39-18(6)33)23-15(3)13-21(35)25(38-17(5)32)28(23,7)24(19)37-16(4)31/h12-13,19,21-26,35H,9-11H2,1-8H3/b14-12-/t19?,21-,22+,23-,24+,25+,26-,28+,29+,30+/m1/s1. The molecule has 0 amide bonds. The predicted octanol–water partition coefficient (Wildman–Crippen LogP) is 2.51. The summed E-state index contributed by atoms with van der Waals surface area (Å²) in [5, 5.41) is 11.3. The Labute approximate surface area is 239 Å². The van der Waals surface area contributed by atoms with Gasteiger partial charge in [0.25, 0.3) is 0 Å². The van der Waals surface area contributed by atoms with Crippen molar-refractivity contribution in [3.05, 3.63) is 23.3 Å². The molecule has 4 aliphatic rings. The van der Waals surface area contributed by atoms with E-state index in [2.05, 4.69) is 0 Å². The van der Waals surface area contributed by atoms with E-state index in [4.69, 9.17) is 23.7 Å². The first-order valence-electron chi connectivity index (χ1n) is 14.0. The number of aliphatic hydroxyl groups is 1. The highest BCUT2D eigenvalue weighted by Crippen LogP contribution is 2.65. The fourth-order valence-corrected chi connectivity index (χ4v) is 7.48. The van der Waals surface area contributed by atoms with Gasteiger partial charge in [0.2, 0.25) is 0 Å². The van der Waals surface area contributed by atoms with Crippen LogP contribution in [0, 0.1) is 17.3 Å². The van der Waals surface area contributed by atoms with Crippen molar-refractivity contribution < 1.29 is 52.8 Å². The minimum atomic E-state index is -1.54. The number of aliphatic hydroxyl groups excluding tert-OH is 1. The zero-order chi connectivity index (χ0) is 30.7. The molecule has 0 aromatic rings. The molecule has 0 radical (unpaired) electrons. The van der Waals surface area contributed by atoms with E-state index in [0.29, 0.717) is 17.6 Å². The zero-order valence-electron chi connectivity index (χ0n) is 24.8. The molecule has 1 spiro atoms. The van der Waals surface area contributed by atoms with E-state index in [1.165, 1.54) is 26.8 Å². The van der Waals surface area contributed by atoms with Crippen LogP contribution in [-0.2, 0) is 47.7 Å². The highest BCUT2D eigenvalue weighted by molar-refractivity contribution is 5.89. The molecule has 226 valence electrons. The van der Waals surface area contributed by atoms with E-state index in [9.17, 15) is 29.1 Å². The lowest BCUT2D eigenvalue weighted by Crippen LogP contribution is -2.66. The number of rotatable bonds is 6. The molecule has 41 heavy (non-hydrogen) atoms. The van der Waals surface area contributed by atoms with Crippen LogP contribution in [0.4, 0.5) is 0 Å². The molecule has 0 saturated carbocycles. The van der Waals surface area contributed by atoms with Crippen molar-refractivity contribution in [2.24, 2.45) is 17.3 Å². The van der Waals surface area contributed by atoms with Crippen LogP contribution in [0.2, 0.25) is 0 Å². The third-order valence-electron chi connectivity index (χ3n) is 9.11. The number of esters is 4. The Bertz CT molecular complexity index is 1220. The molecule has 11 heteroatoms. The van der Waals surface area contributed by atoms with Gasteiger partial charge >= 0.3 is 23.9 Å². The summed E-state index contributed by atoms with van der Waals surface area (Å²) in [6.07, 6.45) is -2.06. The first-order valence-corrected chi connectivity index (χ1v) is 14.0. The number of carbonyl (C=O) groups is 5. The average molecular weight is 577 g/mol. The Hall–Kier alpha value is -3.05. The Morgan fingerprint density at radius 3 is 2.05 bits per heavy atom. The minimum Gasteiger partial charge on any atom is -0.461 e. The summed E-state index contributed by atoms with van der Waals surface area (Å²) in [6, 6.07) is 0. The van der Waals surface area contributed by atoms with Gasteiger partial charge in [-0.15, -0.1) is 0 Å². The van der Waals surface area contributed by atoms with Gasteiger partial charge in [-0.1, -0.05) is 31.1 Å². The molecular weight excluding hydrogens is 536 g/mol. The molecule has 2 saturated heterocycles. The molecule has 2 aliphatic carbocycles. The van der Waals surface area contributed by atoms with Crippen LogP contribution in [0.3, 0.4) is 0 Å². The number of hydrogen-bond donors (Lipinski definition) is 1. The molecular formula is C30H40O11. The number of carbonyl (C=O) groups excluding carboxylic acids is 5. The van der Waals surface area contributed by atoms with Crippen LogP contribution in [0.25, 0.3) is 0 Å². The quantitative estimate of drug-likeness (QED) is 0.215. The van der Waals surface area contributed by atoms with Crippen molar-refractivity contribution in [1.29, 1.82) is 0 Å². The van der Waals surface area contributed by atoms with E-state index >= 15 is 0 Å². The topological polar surface area (TPSA) is 155 Å². The van der Waals surface area contributed by atoms with Crippen molar-refractivity contribution in [1.82, 2.24) is 0 Å². The van der Waals surface area contributed by atoms with Crippen molar-refractivity contribution in [2.75, 3.05) is 0 Å². The first kappa shape index (κ1) is 30.9. The fourth-order valence-electron chi connectivity index (χ4n) is 7.48. The van der Waals surface area contributed by atoms with Gasteiger partial charge in [-0.05, 0) is 39.7 Å². The number of epoxide rings is 1. The maximum Gasteiger partial charge on any atom is 0.342 e. The number of ketones is 1. The van der Waals surface area contributed by atoms with Crippen LogP contribution in [0.5, 0.6) is 0 Å². The molecule has 0 aromatic heterocycles. The predicted molar refractivity (Wildman–Crippen MR) is 142 cm³/mol. The molecule has 2 heterocycles. The van der Waals surface area contributed by atoms with Gasteiger partial charge in [-0.2, -0.15) is 0 Å². The Kier molecular flexibility index (Phi) is 8.03. The molecule has 4 rings (SSSR count). The average Bonchev–Trinajstić information content (AvgIpc) is 3.43. The summed E-state index contributed by atoms with van der Waals surface area (Å²) in [7, 11) is 0. The van der Waals surface area contributed by atoms with Gasteiger partial charge in [-0.25, -0.2) is 4.79 Å². The number of ether oxygens (including phenoxy) is 5. The van der Waals surface area contributed by atoms with Crippen molar-refractivity contribution in [2.45, 2.75) is 116 Å². The van der Waals surface area contributed by atoms with E-state index < -0.39 is 82.8 Å². The summed E-state index contributed by atoms with van der Waals surface area (Å²) >= 11 is 0. The SMILES string of the molecule is CCCC(=O)C1C/C(C)=C\[C@@H]2OC(=O)[C@]3(C)O[C@]23[C@H](OC(C)=O)[C@H]2C(C)=C[C@@H](O)[C@H](OC(C)=O)[C@]2(C)[C@H]1OC(C)=O. The Balaban J connectivity index is 2.10. The number of allylic oxidation sites excluding steroid dienone is 1. The second kappa shape index (κ2) is 10.7. The maximum absolute atomic E-state index is 13.8. The smallest absolute Gasteiger partial charge is 0.342 e. The summed E-state index contributed by atoms with van der Waals surface area (Å²) in [5.41, 5.74) is -3.30. The number of fused-ring (bicyclic) bond motifs is 1. The molecule has 0 bridgehead atoms. The van der Waals surface area contributed by atoms with Crippen molar-refractivity contribution in [3.63, 3.8) is 0 Å². The lowest BCUT2D eigenvalue weighted by molar-refractivity contribution is -0.214. The maximum atomic E-state index is 13.8. The molecule has 1 unspecified atom stereocenters. The second-order valence-electron chi connectivity index (χ2n) is 12.1. The monoisotopic (exact) mass is 576 g/mol. The number of hydrogen-bond acceptors (Lipinski definition) is 11. The second-order valence-corrected chi connectivity index (χ2v) is 12.1. The Morgan fingerprint density at radius 1 is 0.951 bits per heavy atom. The van der Waals surface area contributed by atoms with Crippen LogP contribution >= 0.6 is 0 Å². The third kappa shape index (κ3) is 4.80. The van der Waals surface area contributed by atoms with Crippen molar-refractivity contribution >= 4 is 29.7 Å². The minimum absolute atomic E-state index is 0.129. The molecule has 2 fully saturated rings. The van der Waals surface area contributed by atoms with Crippen molar-refractivity contribution in [3.8, 4) is 0 Å². The van der Waals surface area contributed by atoms with Gasteiger partial charge < -0.3 is 28.8 Å². The van der Waals surface area contributed by atoms with Crippen LogP contribution < -0.4 is 0 Å². The summed E-state index contributed by atoms with van der Waals surface area (Å²) in [4.78, 5) is 64.7.